The van der Waals surface area contributed by atoms with Gasteiger partial charge >= 0.3 is 0 Å². The number of thiazole rings is 1. The van der Waals surface area contributed by atoms with Gasteiger partial charge in [-0.15, -0.1) is 11.3 Å². The van der Waals surface area contributed by atoms with E-state index in [4.69, 9.17) is 17.3 Å². The van der Waals surface area contributed by atoms with Crippen molar-refractivity contribution in [2.75, 3.05) is 0 Å². The highest BCUT2D eigenvalue weighted by molar-refractivity contribution is 7.18. The Kier molecular flexibility index (Phi) is 2.97. The SMILES string of the molecule is CC(C)(N)C(C)(C)c1nc2cc(Cl)ccc2s1. The Labute approximate surface area is 111 Å². The van der Waals surface area contributed by atoms with Gasteiger partial charge in [0.2, 0.25) is 0 Å². The summed E-state index contributed by atoms with van der Waals surface area (Å²) in [5.41, 5.74) is 6.71. The van der Waals surface area contributed by atoms with Crippen molar-refractivity contribution < 1.29 is 0 Å². The minimum Gasteiger partial charge on any atom is -0.325 e. The van der Waals surface area contributed by atoms with E-state index in [1.54, 1.807) is 11.3 Å². The van der Waals surface area contributed by atoms with Crippen molar-refractivity contribution in [3.8, 4) is 0 Å². The molecular formula is C13H17ClN2S. The average molecular weight is 269 g/mol. The molecule has 0 bridgehead atoms. The van der Waals surface area contributed by atoms with Gasteiger partial charge < -0.3 is 5.73 Å². The molecule has 0 aliphatic carbocycles. The van der Waals surface area contributed by atoms with E-state index in [1.165, 1.54) is 0 Å². The Hall–Kier alpha value is -0.640. The largest absolute Gasteiger partial charge is 0.325 e. The summed E-state index contributed by atoms with van der Waals surface area (Å²) in [7, 11) is 0. The molecule has 0 fully saturated rings. The molecule has 2 N–H and O–H groups in total. The zero-order valence-corrected chi connectivity index (χ0v) is 12.1. The third-order valence-corrected chi connectivity index (χ3v) is 5.09. The molecule has 0 amide bonds. The molecule has 2 nitrogen and oxygen atoms in total. The van der Waals surface area contributed by atoms with E-state index in [1.807, 2.05) is 32.0 Å². The summed E-state index contributed by atoms with van der Waals surface area (Å²) in [6.07, 6.45) is 0. The van der Waals surface area contributed by atoms with Crippen LogP contribution < -0.4 is 5.73 Å². The van der Waals surface area contributed by atoms with Gasteiger partial charge in [-0.05, 0) is 32.0 Å². The van der Waals surface area contributed by atoms with E-state index in [-0.39, 0.29) is 11.0 Å². The van der Waals surface area contributed by atoms with Crippen LogP contribution in [0.4, 0.5) is 0 Å². The van der Waals surface area contributed by atoms with Crippen molar-refractivity contribution in [2.45, 2.75) is 38.6 Å². The van der Waals surface area contributed by atoms with Crippen LogP contribution in [0.5, 0.6) is 0 Å². The zero-order chi connectivity index (χ0) is 12.8. The number of aromatic nitrogens is 1. The third kappa shape index (κ3) is 2.19. The van der Waals surface area contributed by atoms with Crippen LogP contribution in [0.1, 0.15) is 32.7 Å². The topological polar surface area (TPSA) is 38.9 Å². The lowest BCUT2D eigenvalue weighted by Crippen LogP contribution is -2.50. The normalized spacial score (nSPS) is 13.3. The minimum atomic E-state index is -0.315. The van der Waals surface area contributed by atoms with Gasteiger partial charge in [0.05, 0.1) is 10.2 Å². The summed E-state index contributed by atoms with van der Waals surface area (Å²) in [4.78, 5) is 4.67. The first-order valence-electron chi connectivity index (χ1n) is 5.57. The smallest absolute Gasteiger partial charge is 0.101 e. The number of hydrogen-bond acceptors (Lipinski definition) is 3. The van der Waals surface area contributed by atoms with E-state index < -0.39 is 0 Å². The van der Waals surface area contributed by atoms with Gasteiger partial charge in [-0.1, -0.05) is 25.4 Å². The number of benzene rings is 1. The predicted octanol–water partition coefficient (Wildman–Crippen LogP) is 3.96. The molecule has 0 radical (unpaired) electrons. The van der Waals surface area contributed by atoms with Crippen LogP contribution in [0.2, 0.25) is 5.02 Å². The van der Waals surface area contributed by atoms with Gasteiger partial charge in [-0.3, -0.25) is 0 Å². The predicted molar refractivity (Wildman–Crippen MR) is 75.9 cm³/mol. The van der Waals surface area contributed by atoms with Crippen LogP contribution in [0.3, 0.4) is 0 Å². The van der Waals surface area contributed by atoms with Gasteiger partial charge in [-0.2, -0.15) is 0 Å². The van der Waals surface area contributed by atoms with E-state index in [9.17, 15) is 0 Å². The van der Waals surface area contributed by atoms with Crippen molar-refractivity contribution in [1.82, 2.24) is 4.98 Å². The second kappa shape index (κ2) is 3.94. The van der Waals surface area contributed by atoms with Crippen LogP contribution in [-0.2, 0) is 5.41 Å². The highest BCUT2D eigenvalue weighted by Gasteiger charge is 2.37. The molecular weight excluding hydrogens is 252 g/mol. The molecule has 0 unspecified atom stereocenters. The quantitative estimate of drug-likeness (QED) is 0.895. The Balaban J connectivity index is 2.57. The second-order valence-corrected chi connectivity index (χ2v) is 6.94. The number of nitrogens with zero attached hydrogens (tertiary/aromatic N) is 1. The van der Waals surface area contributed by atoms with Crippen LogP contribution in [0.15, 0.2) is 18.2 Å². The Bertz CT molecular complexity index is 552. The number of halogens is 1. The maximum absolute atomic E-state index is 6.24. The lowest BCUT2D eigenvalue weighted by atomic mass is 9.76. The summed E-state index contributed by atoms with van der Waals surface area (Å²) < 4.78 is 1.15. The summed E-state index contributed by atoms with van der Waals surface area (Å²) >= 11 is 7.66. The van der Waals surface area contributed by atoms with Gasteiger partial charge in [0.15, 0.2) is 0 Å². The molecule has 17 heavy (non-hydrogen) atoms. The molecule has 2 aromatic rings. The van der Waals surface area contributed by atoms with Crippen LogP contribution >= 0.6 is 22.9 Å². The van der Waals surface area contributed by atoms with Crippen LogP contribution in [-0.4, -0.2) is 10.5 Å². The lowest BCUT2D eigenvalue weighted by Gasteiger charge is -2.36. The molecule has 1 aromatic carbocycles. The van der Waals surface area contributed by atoms with E-state index in [2.05, 4.69) is 18.8 Å². The summed E-state index contributed by atoms with van der Waals surface area (Å²) in [5, 5.41) is 1.78. The highest BCUT2D eigenvalue weighted by Crippen LogP contribution is 2.38. The molecule has 92 valence electrons. The first-order valence-corrected chi connectivity index (χ1v) is 6.77. The number of rotatable bonds is 2. The molecule has 0 saturated carbocycles. The summed E-state index contributed by atoms with van der Waals surface area (Å²) in [5.74, 6) is 0. The number of hydrogen-bond donors (Lipinski definition) is 1. The fourth-order valence-electron chi connectivity index (χ4n) is 1.44. The fourth-order valence-corrected chi connectivity index (χ4v) is 2.83. The van der Waals surface area contributed by atoms with E-state index in [0.29, 0.717) is 0 Å². The van der Waals surface area contributed by atoms with Crippen LogP contribution in [0, 0.1) is 0 Å². The Morgan fingerprint density at radius 1 is 1.24 bits per heavy atom. The van der Waals surface area contributed by atoms with Gasteiger partial charge in [0.1, 0.15) is 5.01 Å². The van der Waals surface area contributed by atoms with E-state index in [0.717, 1.165) is 20.2 Å². The van der Waals surface area contributed by atoms with Crippen molar-refractivity contribution >= 4 is 33.2 Å². The fraction of sp³-hybridized carbons (Fsp3) is 0.462. The monoisotopic (exact) mass is 268 g/mol. The van der Waals surface area contributed by atoms with Crippen molar-refractivity contribution in [2.24, 2.45) is 5.73 Å². The maximum Gasteiger partial charge on any atom is 0.101 e. The highest BCUT2D eigenvalue weighted by atomic mass is 35.5. The number of nitrogens with two attached hydrogens (primary N) is 1. The molecule has 0 saturated heterocycles. The summed E-state index contributed by atoms with van der Waals surface area (Å²) in [6.45, 7) is 8.33. The molecule has 1 aromatic heterocycles. The van der Waals surface area contributed by atoms with Crippen LogP contribution in [0.25, 0.3) is 10.2 Å². The third-order valence-electron chi connectivity index (χ3n) is 3.50. The molecule has 0 atom stereocenters. The van der Waals surface area contributed by atoms with Gasteiger partial charge in [0, 0.05) is 16.0 Å². The molecule has 0 aliphatic rings. The Morgan fingerprint density at radius 3 is 2.47 bits per heavy atom. The molecule has 4 heteroatoms. The standard InChI is InChI=1S/C13H17ClN2S/c1-12(2,13(3,4)15)11-16-9-7-8(14)5-6-10(9)17-11/h5-7H,15H2,1-4H3. The average Bonchev–Trinajstić information content (AvgIpc) is 2.58. The van der Waals surface area contributed by atoms with Crippen molar-refractivity contribution in [1.29, 1.82) is 0 Å². The first kappa shape index (κ1) is 12.8. The van der Waals surface area contributed by atoms with E-state index >= 15 is 0 Å². The second-order valence-electron chi connectivity index (χ2n) is 5.48. The number of fused-ring (bicyclic) bond motifs is 1. The van der Waals surface area contributed by atoms with Gasteiger partial charge in [0.25, 0.3) is 0 Å². The molecule has 0 aliphatic heterocycles. The zero-order valence-electron chi connectivity index (χ0n) is 10.5. The van der Waals surface area contributed by atoms with Crippen molar-refractivity contribution in [3.63, 3.8) is 0 Å². The lowest BCUT2D eigenvalue weighted by molar-refractivity contribution is 0.306. The minimum absolute atomic E-state index is 0.164. The summed E-state index contributed by atoms with van der Waals surface area (Å²) in [6, 6.07) is 5.81. The molecule has 1 heterocycles. The molecule has 2 rings (SSSR count). The molecule has 0 spiro atoms. The Morgan fingerprint density at radius 2 is 1.88 bits per heavy atom. The van der Waals surface area contributed by atoms with Gasteiger partial charge in [-0.25, -0.2) is 4.98 Å². The first-order chi connectivity index (χ1) is 7.72. The maximum atomic E-state index is 6.24. The van der Waals surface area contributed by atoms with Crippen molar-refractivity contribution in [3.05, 3.63) is 28.2 Å².